The Kier molecular flexibility index (Phi) is 7.27. The zero-order valence-electron chi connectivity index (χ0n) is 23.2. The Balaban J connectivity index is 1.37. The molecule has 1 N–H and O–H groups in total. The number of hydrogen-bond donors (Lipinski definition) is 1. The zero-order valence-corrected chi connectivity index (χ0v) is 23.2. The van der Waals surface area contributed by atoms with Crippen LogP contribution in [0.3, 0.4) is 0 Å². The highest BCUT2D eigenvalue weighted by Gasteiger charge is 2.69. The molecule has 8 nitrogen and oxygen atoms in total. The van der Waals surface area contributed by atoms with Gasteiger partial charge in [0.2, 0.25) is 5.91 Å². The molecule has 202 valence electrons. The summed E-state index contributed by atoms with van der Waals surface area (Å²) in [5, 5.41) is 8.42. The molecule has 36 heavy (non-hydrogen) atoms. The fraction of sp³-hybridized carbons (Fsp3) is 0.857. The molecule has 4 aliphatic carbocycles. The number of fused-ring (bicyclic) bond motifs is 1. The van der Waals surface area contributed by atoms with E-state index in [-0.39, 0.29) is 10.8 Å². The van der Waals surface area contributed by atoms with Crippen LogP contribution < -0.4 is 5.32 Å². The fourth-order valence-corrected chi connectivity index (χ4v) is 8.11. The molecule has 2 heterocycles. The summed E-state index contributed by atoms with van der Waals surface area (Å²) in [7, 11) is 7.78. The largest absolute Gasteiger partial charge is 0.384 e. The molecule has 4 fully saturated rings. The van der Waals surface area contributed by atoms with E-state index in [1.807, 2.05) is 7.05 Å². The van der Waals surface area contributed by atoms with Gasteiger partial charge in [0.15, 0.2) is 0 Å². The van der Waals surface area contributed by atoms with E-state index in [4.69, 9.17) is 14.6 Å². The van der Waals surface area contributed by atoms with E-state index in [0.29, 0.717) is 17.2 Å². The fourth-order valence-electron chi connectivity index (χ4n) is 8.11. The van der Waals surface area contributed by atoms with Gasteiger partial charge in [0.25, 0.3) is 0 Å². The lowest BCUT2D eigenvalue weighted by Gasteiger charge is -2.69. The van der Waals surface area contributed by atoms with E-state index in [1.165, 1.54) is 17.0 Å². The highest BCUT2D eigenvalue weighted by molar-refractivity contribution is 5.86. The molecule has 1 aromatic rings. The minimum Gasteiger partial charge on any atom is -0.384 e. The second-order valence-electron chi connectivity index (χ2n) is 12.9. The number of carbonyl (C=O) groups excluding carboxylic acids is 1. The van der Waals surface area contributed by atoms with Gasteiger partial charge in [-0.1, -0.05) is 6.92 Å². The number of aromatic nitrogens is 2. The summed E-state index contributed by atoms with van der Waals surface area (Å²) in [5.41, 5.74) is 4.45. The van der Waals surface area contributed by atoms with Gasteiger partial charge in [-0.05, 0) is 70.4 Å². The molecule has 1 amide bonds. The van der Waals surface area contributed by atoms with Crippen molar-refractivity contribution >= 4 is 5.91 Å². The van der Waals surface area contributed by atoms with Gasteiger partial charge in [-0.2, -0.15) is 5.10 Å². The highest BCUT2D eigenvalue weighted by Crippen LogP contribution is 2.73. The molecule has 0 radical (unpaired) electrons. The number of methoxy groups -OCH3 is 2. The smallest absolute Gasteiger partial charge is 0.229 e. The first-order chi connectivity index (χ1) is 17.3. The summed E-state index contributed by atoms with van der Waals surface area (Å²) in [4.78, 5) is 18.1. The minimum absolute atomic E-state index is 0.0436. The molecule has 6 rings (SSSR count). The number of hydrogen-bond acceptors (Lipinski definition) is 6. The van der Waals surface area contributed by atoms with Crippen molar-refractivity contribution < 1.29 is 14.3 Å². The maximum atomic E-state index is 13.6. The van der Waals surface area contributed by atoms with Crippen LogP contribution in [0.1, 0.15) is 74.7 Å². The number of carbonyl (C=O) groups is 1. The zero-order chi connectivity index (χ0) is 25.6. The standard InChI is InChI=1S/C28H47N5O3/c1-26-16-28(17-26,18-26)25(34)32-12-13-33-23(15-32)24(22(30-33)14-31(3)11-10-29-2)21-6-8-27(9-7-21,19-35-4)20-36-5/h21,29H,6-20H2,1-5H3. The Morgan fingerprint density at radius 3 is 2.39 bits per heavy atom. The first-order valence-electron chi connectivity index (χ1n) is 13.9. The van der Waals surface area contributed by atoms with Crippen LogP contribution in [0, 0.1) is 16.2 Å². The number of ether oxygens (including phenoxy) is 2. The third-order valence-electron chi connectivity index (χ3n) is 9.65. The molecular formula is C28H47N5O3. The molecule has 0 aromatic carbocycles. The van der Waals surface area contributed by atoms with E-state index >= 15 is 0 Å². The van der Waals surface area contributed by atoms with Gasteiger partial charge in [0.1, 0.15) is 0 Å². The number of nitrogens with zero attached hydrogens (tertiary/aromatic N) is 4. The molecule has 1 aliphatic heterocycles. The number of nitrogens with one attached hydrogen (secondary N) is 1. The molecule has 0 atom stereocenters. The highest BCUT2D eigenvalue weighted by atomic mass is 16.5. The van der Waals surface area contributed by atoms with Crippen molar-refractivity contribution in [2.75, 3.05) is 61.2 Å². The van der Waals surface area contributed by atoms with Crippen LogP contribution in [0.25, 0.3) is 0 Å². The first kappa shape index (κ1) is 26.1. The van der Waals surface area contributed by atoms with Gasteiger partial charge in [-0.15, -0.1) is 0 Å². The van der Waals surface area contributed by atoms with Crippen molar-refractivity contribution in [2.45, 2.75) is 77.4 Å². The predicted octanol–water partition coefficient (Wildman–Crippen LogP) is 3.00. The molecule has 4 saturated carbocycles. The normalized spacial score (nSPS) is 29.1. The van der Waals surface area contributed by atoms with Crippen LogP contribution >= 0.6 is 0 Å². The average Bonchev–Trinajstić information content (AvgIpc) is 3.17. The van der Waals surface area contributed by atoms with Crippen LogP contribution in [-0.2, 0) is 33.9 Å². The molecule has 2 bridgehead atoms. The Bertz CT molecular complexity index is 923. The summed E-state index contributed by atoms with van der Waals surface area (Å²) in [5.74, 6) is 0.882. The van der Waals surface area contributed by atoms with Crippen molar-refractivity contribution in [3.05, 3.63) is 17.0 Å². The third kappa shape index (κ3) is 4.63. The second-order valence-corrected chi connectivity index (χ2v) is 12.9. The van der Waals surface area contributed by atoms with Crippen molar-refractivity contribution in [2.24, 2.45) is 16.2 Å². The SMILES string of the molecule is CNCCN(C)Cc1nn2c(c1C1CCC(COC)(COC)CC1)CN(C(=O)C13CC(C)(C1)C3)CC2. The van der Waals surface area contributed by atoms with E-state index in [0.717, 1.165) is 97.4 Å². The predicted molar refractivity (Wildman–Crippen MR) is 140 cm³/mol. The lowest BCUT2D eigenvalue weighted by molar-refractivity contribution is -0.210. The molecule has 0 spiro atoms. The van der Waals surface area contributed by atoms with Crippen LogP contribution in [-0.4, -0.2) is 86.7 Å². The van der Waals surface area contributed by atoms with Crippen molar-refractivity contribution in [1.82, 2.24) is 24.9 Å². The number of amides is 1. The second kappa shape index (κ2) is 10.0. The summed E-state index contributed by atoms with van der Waals surface area (Å²) < 4.78 is 13.5. The minimum atomic E-state index is -0.0436. The molecule has 8 heteroatoms. The molecule has 5 aliphatic rings. The van der Waals surface area contributed by atoms with Gasteiger partial charge in [-0.3, -0.25) is 14.4 Å². The quantitative estimate of drug-likeness (QED) is 0.503. The van der Waals surface area contributed by atoms with E-state index in [9.17, 15) is 4.79 Å². The summed E-state index contributed by atoms with van der Waals surface area (Å²) >= 11 is 0. The Morgan fingerprint density at radius 2 is 1.81 bits per heavy atom. The van der Waals surface area contributed by atoms with Crippen molar-refractivity contribution in [1.29, 1.82) is 0 Å². The van der Waals surface area contributed by atoms with Gasteiger partial charge in [-0.25, -0.2) is 0 Å². The number of likely N-dealkylation sites (N-methyl/N-ethyl adjacent to an activating group) is 2. The van der Waals surface area contributed by atoms with Gasteiger partial charge in [0, 0.05) is 51.4 Å². The molecule has 0 unspecified atom stereocenters. The third-order valence-corrected chi connectivity index (χ3v) is 9.65. The van der Waals surface area contributed by atoms with Crippen LogP contribution in [0.2, 0.25) is 0 Å². The van der Waals surface area contributed by atoms with Gasteiger partial charge in [0.05, 0.1) is 43.1 Å². The molecular weight excluding hydrogens is 454 g/mol. The summed E-state index contributed by atoms with van der Waals surface area (Å²) in [6.45, 7) is 8.95. The van der Waals surface area contributed by atoms with Crippen molar-refractivity contribution in [3.8, 4) is 0 Å². The van der Waals surface area contributed by atoms with Gasteiger partial charge >= 0.3 is 0 Å². The van der Waals surface area contributed by atoms with E-state index in [2.05, 4.69) is 33.8 Å². The first-order valence-corrected chi connectivity index (χ1v) is 13.9. The average molecular weight is 502 g/mol. The molecule has 1 aromatic heterocycles. The summed E-state index contributed by atoms with van der Waals surface area (Å²) in [6.07, 6.45) is 7.71. The lowest BCUT2D eigenvalue weighted by Crippen LogP contribution is -2.67. The van der Waals surface area contributed by atoms with Crippen LogP contribution in [0.15, 0.2) is 0 Å². The van der Waals surface area contributed by atoms with E-state index in [1.54, 1.807) is 14.2 Å². The number of rotatable bonds is 11. The van der Waals surface area contributed by atoms with Gasteiger partial charge < -0.3 is 19.7 Å². The van der Waals surface area contributed by atoms with E-state index < -0.39 is 0 Å². The van der Waals surface area contributed by atoms with Crippen molar-refractivity contribution in [3.63, 3.8) is 0 Å². The maximum absolute atomic E-state index is 13.6. The monoisotopic (exact) mass is 501 g/mol. The topological polar surface area (TPSA) is 71.9 Å². The Morgan fingerprint density at radius 1 is 1.14 bits per heavy atom. The Labute approximate surface area is 217 Å². The summed E-state index contributed by atoms with van der Waals surface area (Å²) in [6, 6.07) is 0. The maximum Gasteiger partial charge on any atom is 0.229 e. The Hall–Kier alpha value is -1.48. The van der Waals surface area contributed by atoms with Crippen LogP contribution in [0.4, 0.5) is 0 Å². The molecule has 0 saturated heterocycles. The lowest BCUT2D eigenvalue weighted by atomic mass is 9.35. The van der Waals surface area contributed by atoms with Crippen LogP contribution in [0.5, 0.6) is 0 Å².